The molecule has 0 atom stereocenters. The summed E-state index contributed by atoms with van der Waals surface area (Å²) in [6.45, 7) is 11.7. The second-order valence-corrected chi connectivity index (χ2v) is 9.33. The van der Waals surface area contributed by atoms with Gasteiger partial charge in [0.2, 0.25) is 5.91 Å². The predicted molar refractivity (Wildman–Crippen MR) is 165 cm³/mol. The number of hydrogen-bond donors (Lipinski definition) is 2. The van der Waals surface area contributed by atoms with Gasteiger partial charge in [-0.25, -0.2) is 0 Å². The molecule has 0 rings (SSSR count). The van der Waals surface area contributed by atoms with Gasteiger partial charge in [-0.05, 0) is 6.42 Å². The molecule has 0 aromatic carbocycles. The summed E-state index contributed by atoms with van der Waals surface area (Å²) in [6, 6.07) is 0. The molecular formula is C30H59NO15. The molecule has 2 N–H and O–H groups in total. The van der Waals surface area contributed by atoms with E-state index in [0.29, 0.717) is 165 Å². The summed E-state index contributed by atoms with van der Waals surface area (Å²) in [5.41, 5.74) is 0. The third kappa shape index (κ3) is 40.5. The zero-order valence-corrected chi connectivity index (χ0v) is 27.8. The lowest BCUT2D eigenvalue weighted by Gasteiger charge is -2.09. The van der Waals surface area contributed by atoms with Crippen molar-refractivity contribution in [1.82, 2.24) is 5.32 Å². The largest absolute Gasteiger partial charge is 0.481 e. The maximum absolute atomic E-state index is 11.5. The lowest BCUT2D eigenvalue weighted by atomic mass is 10.2. The van der Waals surface area contributed by atoms with Gasteiger partial charge in [0.15, 0.2) is 0 Å². The molecule has 0 aliphatic heterocycles. The quantitative estimate of drug-likeness (QED) is 0.0842. The lowest BCUT2D eigenvalue weighted by Crippen LogP contribution is -2.27. The maximum Gasteiger partial charge on any atom is 0.303 e. The first-order chi connectivity index (χ1) is 22.7. The zero-order valence-electron chi connectivity index (χ0n) is 27.8. The van der Waals surface area contributed by atoms with Crippen LogP contribution < -0.4 is 5.32 Å². The summed E-state index contributed by atoms with van der Waals surface area (Å²) in [6.07, 6.45) is 0.519. The van der Waals surface area contributed by atoms with Crippen LogP contribution in [0, 0.1) is 0 Å². The van der Waals surface area contributed by atoms with Gasteiger partial charge in [0.1, 0.15) is 0 Å². The van der Waals surface area contributed by atoms with E-state index in [0.717, 1.165) is 0 Å². The molecule has 0 aromatic rings. The van der Waals surface area contributed by atoms with Crippen LogP contribution in [0.3, 0.4) is 0 Å². The van der Waals surface area contributed by atoms with E-state index in [1.165, 1.54) is 0 Å². The second kappa shape index (κ2) is 39.6. The summed E-state index contributed by atoms with van der Waals surface area (Å²) >= 11 is 0. The normalized spacial score (nSPS) is 11.3. The molecule has 0 heterocycles. The smallest absolute Gasteiger partial charge is 0.303 e. The van der Waals surface area contributed by atoms with Crippen LogP contribution in [0.4, 0.5) is 0 Å². The molecule has 0 radical (unpaired) electrons. The van der Waals surface area contributed by atoms with Crippen LogP contribution in [0.1, 0.15) is 19.3 Å². The molecule has 16 heteroatoms. The van der Waals surface area contributed by atoms with Crippen molar-refractivity contribution in [2.24, 2.45) is 0 Å². The van der Waals surface area contributed by atoms with E-state index in [2.05, 4.69) is 5.32 Å². The van der Waals surface area contributed by atoms with Crippen molar-refractivity contribution in [3.8, 4) is 0 Å². The fraction of sp³-hybridized carbons (Fsp3) is 0.933. The molecule has 0 fully saturated rings. The van der Waals surface area contributed by atoms with Gasteiger partial charge in [-0.15, -0.1) is 0 Å². The molecule has 0 bridgehead atoms. The van der Waals surface area contributed by atoms with Crippen molar-refractivity contribution in [3.63, 3.8) is 0 Å². The van der Waals surface area contributed by atoms with E-state index in [1.807, 2.05) is 0 Å². The Balaban J connectivity index is 3.08. The molecule has 0 aromatic heterocycles. The SMILES string of the molecule is COCCOCCOCCOCCOCCOCCOCCOCCOCCOCCOCCOCCNC(=O)CCCC(=O)O. The zero-order chi connectivity index (χ0) is 33.4. The molecule has 0 saturated carbocycles. The van der Waals surface area contributed by atoms with E-state index < -0.39 is 5.97 Å². The first-order valence-corrected chi connectivity index (χ1v) is 16.0. The van der Waals surface area contributed by atoms with E-state index in [9.17, 15) is 9.59 Å². The van der Waals surface area contributed by atoms with Gasteiger partial charge in [0.05, 0.1) is 152 Å². The number of methoxy groups -OCH3 is 1. The number of rotatable bonds is 40. The summed E-state index contributed by atoms with van der Waals surface area (Å²) in [7, 11) is 1.64. The third-order valence-corrected chi connectivity index (χ3v) is 5.51. The predicted octanol–water partition coefficient (Wildman–Crippen LogP) is 0.187. The standard InChI is InChI=1S/C30H59NO15/c1-35-7-8-37-11-12-39-15-16-41-19-20-43-23-24-45-27-28-46-26-25-44-22-21-42-18-17-40-14-13-38-10-9-36-6-5-31-29(32)3-2-4-30(33)34/h2-28H2,1H3,(H,31,32)(H,33,34). The van der Waals surface area contributed by atoms with Gasteiger partial charge >= 0.3 is 5.97 Å². The second-order valence-electron chi connectivity index (χ2n) is 9.33. The highest BCUT2D eigenvalue weighted by Crippen LogP contribution is 1.94. The van der Waals surface area contributed by atoms with Gasteiger partial charge in [-0.3, -0.25) is 9.59 Å². The number of carboxylic acid groups (broad SMARTS) is 1. The number of nitrogens with one attached hydrogen (secondary N) is 1. The summed E-state index contributed by atoms with van der Waals surface area (Å²) in [5.74, 6) is -1.08. The number of amides is 1. The van der Waals surface area contributed by atoms with Gasteiger partial charge in [-0.1, -0.05) is 0 Å². The first kappa shape index (κ1) is 44.5. The highest BCUT2D eigenvalue weighted by molar-refractivity contribution is 5.76. The molecule has 0 spiro atoms. The van der Waals surface area contributed by atoms with Crippen LogP contribution >= 0.6 is 0 Å². The topological polar surface area (TPSA) is 177 Å². The third-order valence-electron chi connectivity index (χ3n) is 5.51. The van der Waals surface area contributed by atoms with Gasteiger partial charge in [0.25, 0.3) is 0 Å². The molecule has 0 unspecified atom stereocenters. The monoisotopic (exact) mass is 673 g/mol. The van der Waals surface area contributed by atoms with Crippen molar-refractivity contribution in [1.29, 1.82) is 0 Å². The number of carbonyl (C=O) groups is 2. The fourth-order valence-electron chi connectivity index (χ4n) is 3.19. The van der Waals surface area contributed by atoms with Crippen LogP contribution in [0.15, 0.2) is 0 Å². The minimum absolute atomic E-state index is 0.00866. The lowest BCUT2D eigenvalue weighted by molar-refractivity contribution is -0.137. The average Bonchev–Trinajstić information content (AvgIpc) is 3.04. The van der Waals surface area contributed by atoms with Crippen LogP contribution in [0.2, 0.25) is 0 Å². The van der Waals surface area contributed by atoms with Crippen LogP contribution in [0.5, 0.6) is 0 Å². The van der Waals surface area contributed by atoms with Crippen LogP contribution in [-0.4, -0.2) is 183 Å². The Morgan fingerprint density at radius 3 is 0.935 bits per heavy atom. The van der Waals surface area contributed by atoms with Crippen molar-refractivity contribution >= 4 is 11.9 Å². The molecule has 0 saturated heterocycles. The Kier molecular flexibility index (Phi) is 38.3. The van der Waals surface area contributed by atoms with E-state index in [4.69, 9.17) is 61.9 Å². The summed E-state index contributed by atoms with van der Waals surface area (Å²) in [4.78, 5) is 21.9. The van der Waals surface area contributed by atoms with Crippen LogP contribution in [-0.2, 0) is 66.4 Å². The number of ether oxygens (including phenoxy) is 12. The molecule has 0 aliphatic rings. The minimum atomic E-state index is -0.902. The molecule has 274 valence electrons. The van der Waals surface area contributed by atoms with Crippen molar-refractivity contribution < 1.29 is 71.5 Å². The number of hydrogen-bond acceptors (Lipinski definition) is 14. The highest BCUT2D eigenvalue weighted by Gasteiger charge is 2.03. The first-order valence-electron chi connectivity index (χ1n) is 16.0. The Hall–Kier alpha value is -1.54. The van der Waals surface area contributed by atoms with E-state index in [1.54, 1.807) is 7.11 Å². The van der Waals surface area contributed by atoms with Crippen molar-refractivity contribution in [2.45, 2.75) is 19.3 Å². The van der Waals surface area contributed by atoms with Gasteiger partial charge in [-0.2, -0.15) is 0 Å². The Morgan fingerprint density at radius 1 is 0.413 bits per heavy atom. The Labute approximate surface area is 273 Å². The summed E-state index contributed by atoms with van der Waals surface area (Å²) < 4.78 is 64.5. The summed E-state index contributed by atoms with van der Waals surface area (Å²) in [5, 5.41) is 11.2. The molecule has 1 amide bonds. The van der Waals surface area contributed by atoms with Gasteiger partial charge in [0, 0.05) is 26.5 Å². The van der Waals surface area contributed by atoms with Gasteiger partial charge < -0.3 is 67.3 Å². The van der Waals surface area contributed by atoms with Crippen LogP contribution in [0.25, 0.3) is 0 Å². The minimum Gasteiger partial charge on any atom is -0.481 e. The Bertz CT molecular complexity index is 633. The molecule has 46 heavy (non-hydrogen) atoms. The molecule has 0 aliphatic carbocycles. The molecule has 16 nitrogen and oxygen atoms in total. The maximum atomic E-state index is 11.5. The number of carboxylic acids is 1. The highest BCUT2D eigenvalue weighted by atomic mass is 16.6. The average molecular weight is 674 g/mol. The van der Waals surface area contributed by atoms with Crippen molar-refractivity contribution in [2.75, 3.05) is 166 Å². The molecular weight excluding hydrogens is 614 g/mol. The Morgan fingerprint density at radius 2 is 0.674 bits per heavy atom. The fourth-order valence-corrected chi connectivity index (χ4v) is 3.19. The van der Waals surface area contributed by atoms with E-state index in [-0.39, 0.29) is 18.7 Å². The van der Waals surface area contributed by atoms with E-state index >= 15 is 0 Å². The number of carbonyl (C=O) groups excluding carboxylic acids is 1. The van der Waals surface area contributed by atoms with Crippen molar-refractivity contribution in [3.05, 3.63) is 0 Å². The number of aliphatic carboxylic acids is 1.